The Morgan fingerprint density at radius 3 is 2.17 bits per heavy atom. The number of alkyl halides is 2. The summed E-state index contributed by atoms with van der Waals surface area (Å²) in [7, 11) is -3.62. The quantitative estimate of drug-likeness (QED) is 0.733. The van der Waals surface area contributed by atoms with Gasteiger partial charge in [-0.1, -0.05) is 13.8 Å². The Kier molecular flexibility index (Phi) is 6.60. The number of amides is 1. The Bertz CT molecular complexity index is 629. The molecule has 3 N–H and O–H groups in total. The van der Waals surface area contributed by atoms with Crippen LogP contribution < -0.4 is 11.1 Å². The van der Waals surface area contributed by atoms with Crippen LogP contribution in [0.3, 0.4) is 0 Å². The van der Waals surface area contributed by atoms with Gasteiger partial charge in [0.05, 0.1) is 18.0 Å². The highest BCUT2D eigenvalue weighted by Gasteiger charge is 2.27. The minimum atomic E-state index is -3.62. The first-order valence-corrected chi connectivity index (χ1v) is 8.58. The number of carbonyl (C=O) groups excluding carboxylic acids is 1. The summed E-state index contributed by atoms with van der Waals surface area (Å²) in [5.74, 6) is -3.90. The van der Waals surface area contributed by atoms with Gasteiger partial charge in [-0.15, -0.1) is 0 Å². The molecule has 9 heteroatoms. The van der Waals surface area contributed by atoms with E-state index in [-0.39, 0.29) is 10.5 Å². The lowest BCUT2D eigenvalue weighted by Gasteiger charge is -2.18. The molecule has 0 aromatic heterocycles. The van der Waals surface area contributed by atoms with E-state index >= 15 is 0 Å². The largest absolute Gasteiger partial charge is 0.346 e. The maximum absolute atomic E-state index is 13.0. The SMILES string of the molecule is CCN(CC)S(=O)(=O)c1ccc(C(=O)NCC(F)(F)CN)cc1. The van der Waals surface area contributed by atoms with Crippen LogP contribution in [0, 0.1) is 0 Å². The number of rotatable bonds is 8. The number of nitrogens with one attached hydrogen (secondary N) is 1. The molecule has 0 radical (unpaired) electrons. The molecule has 0 fully saturated rings. The molecule has 0 aliphatic rings. The van der Waals surface area contributed by atoms with Gasteiger partial charge in [0, 0.05) is 18.7 Å². The molecule has 0 saturated heterocycles. The van der Waals surface area contributed by atoms with Crippen molar-refractivity contribution in [2.45, 2.75) is 24.7 Å². The van der Waals surface area contributed by atoms with Crippen LogP contribution in [-0.2, 0) is 10.0 Å². The number of hydrogen-bond donors (Lipinski definition) is 2. The monoisotopic (exact) mass is 349 g/mol. The second-order valence-electron chi connectivity index (χ2n) is 4.86. The van der Waals surface area contributed by atoms with E-state index in [0.717, 1.165) is 0 Å². The number of sulfonamides is 1. The van der Waals surface area contributed by atoms with Gasteiger partial charge in [-0.25, -0.2) is 17.2 Å². The lowest BCUT2D eigenvalue weighted by Crippen LogP contribution is -2.41. The predicted molar refractivity (Wildman–Crippen MR) is 82.9 cm³/mol. The Morgan fingerprint density at radius 2 is 1.74 bits per heavy atom. The molecule has 1 rings (SSSR count). The van der Waals surface area contributed by atoms with Crippen molar-refractivity contribution in [1.82, 2.24) is 9.62 Å². The van der Waals surface area contributed by atoms with Crippen molar-refractivity contribution in [3.8, 4) is 0 Å². The van der Waals surface area contributed by atoms with Gasteiger partial charge in [-0.3, -0.25) is 4.79 Å². The van der Waals surface area contributed by atoms with Crippen molar-refractivity contribution in [1.29, 1.82) is 0 Å². The van der Waals surface area contributed by atoms with E-state index in [1.165, 1.54) is 28.6 Å². The van der Waals surface area contributed by atoms with Gasteiger partial charge >= 0.3 is 0 Å². The van der Waals surface area contributed by atoms with Crippen LogP contribution in [0.25, 0.3) is 0 Å². The summed E-state index contributed by atoms with van der Waals surface area (Å²) < 4.78 is 51.8. The van der Waals surface area contributed by atoms with Crippen LogP contribution in [0.1, 0.15) is 24.2 Å². The molecule has 0 saturated carbocycles. The summed E-state index contributed by atoms with van der Waals surface area (Å²) in [5, 5.41) is 2.06. The summed E-state index contributed by atoms with van der Waals surface area (Å²) in [4.78, 5) is 11.8. The highest BCUT2D eigenvalue weighted by atomic mass is 32.2. The van der Waals surface area contributed by atoms with Gasteiger partial charge in [0.15, 0.2) is 0 Å². The molecule has 1 aromatic carbocycles. The smallest absolute Gasteiger partial charge is 0.277 e. The highest BCUT2D eigenvalue weighted by Crippen LogP contribution is 2.16. The molecule has 1 amide bonds. The van der Waals surface area contributed by atoms with E-state index in [2.05, 4.69) is 5.32 Å². The minimum absolute atomic E-state index is 0.0463. The molecule has 0 spiro atoms. The third-order valence-corrected chi connectivity index (χ3v) is 5.33. The average Bonchev–Trinajstić information content (AvgIpc) is 2.53. The number of halogens is 2. The van der Waals surface area contributed by atoms with Crippen LogP contribution in [0.4, 0.5) is 8.78 Å². The molecule has 0 bridgehead atoms. The molecule has 130 valence electrons. The standard InChI is InChI=1S/C14H21F2N3O3S/c1-3-19(4-2)23(21,22)12-7-5-11(6-8-12)13(20)18-10-14(15,16)9-17/h5-8H,3-4,9-10,17H2,1-2H3,(H,18,20). The van der Waals surface area contributed by atoms with Crippen molar-refractivity contribution in [3.05, 3.63) is 29.8 Å². The first-order chi connectivity index (χ1) is 10.7. The third-order valence-electron chi connectivity index (χ3n) is 3.27. The topological polar surface area (TPSA) is 92.5 Å². The number of benzene rings is 1. The zero-order valence-corrected chi connectivity index (χ0v) is 13.9. The Hall–Kier alpha value is -1.58. The fraction of sp³-hybridized carbons (Fsp3) is 0.500. The summed E-state index contributed by atoms with van der Waals surface area (Å²) >= 11 is 0. The van der Waals surface area contributed by atoms with Gasteiger partial charge < -0.3 is 11.1 Å². The second-order valence-corrected chi connectivity index (χ2v) is 6.79. The van der Waals surface area contributed by atoms with Gasteiger partial charge in [0.25, 0.3) is 11.8 Å². The molecule has 0 heterocycles. The first-order valence-electron chi connectivity index (χ1n) is 7.14. The van der Waals surface area contributed by atoms with E-state index in [1.54, 1.807) is 13.8 Å². The summed E-state index contributed by atoms with van der Waals surface area (Å²) in [6.07, 6.45) is 0. The fourth-order valence-electron chi connectivity index (χ4n) is 1.87. The summed E-state index contributed by atoms with van der Waals surface area (Å²) in [5.41, 5.74) is 4.97. The van der Waals surface area contributed by atoms with Gasteiger partial charge in [0.2, 0.25) is 10.0 Å². The predicted octanol–water partition coefficient (Wildman–Crippen LogP) is 1.04. The maximum atomic E-state index is 13.0. The number of hydrogen-bond acceptors (Lipinski definition) is 4. The van der Waals surface area contributed by atoms with Crippen molar-refractivity contribution in [3.63, 3.8) is 0 Å². The molecule has 1 aromatic rings. The molecule has 23 heavy (non-hydrogen) atoms. The number of nitrogens with zero attached hydrogens (tertiary/aromatic N) is 1. The molecule has 6 nitrogen and oxygen atoms in total. The average molecular weight is 349 g/mol. The highest BCUT2D eigenvalue weighted by molar-refractivity contribution is 7.89. The normalized spacial score (nSPS) is 12.4. The Balaban J connectivity index is 2.86. The maximum Gasteiger partial charge on any atom is 0.277 e. The summed E-state index contributed by atoms with van der Waals surface area (Å²) in [6, 6.07) is 5.13. The molecular weight excluding hydrogens is 328 g/mol. The molecular formula is C14H21F2N3O3S. The number of nitrogens with two attached hydrogens (primary N) is 1. The first kappa shape index (κ1) is 19.5. The number of carbonyl (C=O) groups is 1. The lowest BCUT2D eigenvalue weighted by atomic mass is 10.2. The van der Waals surface area contributed by atoms with Crippen LogP contribution in [0.5, 0.6) is 0 Å². The zero-order valence-electron chi connectivity index (χ0n) is 13.1. The van der Waals surface area contributed by atoms with Gasteiger partial charge in [-0.2, -0.15) is 4.31 Å². The van der Waals surface area contributed by atoms with Crippen molar-refractivity contribution in [2.75, 3.05) is 26.2 Å². The second kappa shape index (κ2) is 7.80. The van der Waals surface area contributed by atoms with Crippen molar-refractivity contribution < 1.29 is 22.0 Å². The van der Waals surface area contributed by atoms with Crippen LogP contribution in [0.2, 0.25) is 0 Å². The van der Waals surface area contributed by atoms with Crippen molar-refractivity contribution >= 4 is 15.9 Å². The Morgan fingerprint density at radius 1 is 1.22 bits per heavy atom. The van der Waals surface area contributed by atoms with E-state index in [0.29, 0.717) is 13.1 Å². The molecule has 0 atom stereocenters. The van der Waals surface area contributed by atoms with Gasteiger partial charge in [-0.05, 0) is 24.3 Å². The fourth-order valence-corrected chi connectivity index (χ4v) is 3.33. The van der Waals surface area contributed by atoms with E-state index < -0.39 is 34.9 Å². The summed E-state index contributed by atoms with van der Waals surface area (Å²) in [6.45, 7) is 2.36. The Labute approximate surface area is 134 Å². The van der Waals surface area contributed by atoms with E-state index in [9.17, 15) is 22.0 Å². The van der Waals surface area contributed by atoms with Crippen LogP contribution >= 0.6 is 0 Å². The zero-order chi connectivity index (χ0) is 17.7. The third kappa shape index (κ3) is 4.95. The molecule has 0 unspecified atom stereocenters. The van der Waals surface area contributed by atoms with Crippen LogP contribution in [0.15, 0.2) is 29.2 Å². The lowest BCUT2D eigenvalue weighted by molar-refractivity contribution is 0.0118. The van der Waals surface area contributed by atoms with Crippen LogP contribution in [-0.4, -0.2) is 50.7 Å². The van der Waals surface area contributed by atoms with Crippen molar-refractivity contribution in [2.24, 2.45) is 5.73 Å². The van der Waals surface area contributed by atoms with E-state index in [4.69, 9.17) is 5.73 Å². The van der Waals surface area contributed by atoms with Gasteiger partial charge in [0.1, 0.15) is 0 Å². The molecule has 0 aliphatic heterocycles. The minimum Gasteiger partial charge on any atom is -0.346 e. The molecule has 0 aliphatic carbocycles. The van der Waals surface area contributed by atoms with E-state index in [1.807, 2.05) is 0 Å².